The van der Waals surface area contributed by atoms with E-state index in [1.807, 2.05) is 0 Å². The maximum absolute atomic E-state index is 14.1. The Labute approximate surface area is 152 Å². The van der Waals surface area contributed by atoms with E-state index < -0.39 is 37.7 Å². The highest BCUT2D eigenvalue weighted by atomic mass is 28.4. The van der Waals surface area contributed by atoms with Crippen LogP contribution in [0.5, 0.6) is 0 Å². The monoisotopic (exact) mass is 395 g/mol. The number of rotatable bonds is 4. The van der Waals surface area contributed by atoms with Gasteiger partial charge < -0.3 is 10.2 Å². The second kappa shape index (κ2) is 6.87. The van der Waals surface area contributed by atoms with E-state index in [0.29, 0.717) is 18.9 Å². The molecule has 0 aromatic heterocycles. The lowest BCUT2D eigenvalue weighted by molar-refractivity contribution is -0.140. The topological polar surface area (TPSA) is 35.2 Å². The number of hydrogen-bond donors (Lipinski definition) is 1. The maximum Gasteiger partial charge on any atom is 0.419 e. The average Bonchev–Trinajstić information content (AvgIpc) is 2.41. The van der Waals surface area contributed by atoms with E-state index in [1.165, 1.54) is 0 Å². The molecule has 2 rings (SSSR count). The Balaban J connectivity index is 2.06. The number of benzene rings is 1. The summed E-state index contributed by atoms with van der Waals surface area (Å²) in [4.78, 5) is 0. The lowest BCUT2D eigenvalue weighted by Crippen LogP contribution is -2.49. The highest BCUT2D eigenvalue weighted by molar-refractivity contribution is 6.74. The van der Waals surface area contributed by atoms with E-state index in [4.69, 9.17) is 10.2 Å². The van der Waals surface area contributed by atoms with Crippen LogP contribution in [0, 0.1) is 17.6 Å². The standard InChI is InChI=1S/C18H26F5NOSi/c1-17(2,3)26(4,5)25-11-6-10(7-11)16(24)12-8-15(20)13(9-14(12)19)18(21,22)23/h8-11,16H,6-7,24H2,1-5H3/t10-,11+,16-/m1/s1. The van der Waals surface area contributed by atoms with Crippen molar-refractivity contribution >= 4 is 8.32 Å². The average molecular weight is 395 g/mol. The van der Waals surface area contributed by atoms with E-state index in [2.05, 4.69) is 33.9 Å². The molecule has 1 aromatic carbocycles. The summed E-state index contributed by atoms with van der Waals surface area (Å²) in [6.07, 6.45) is -3.74. The van der Waals surface area contributed by atoms with Crippen LogP contribution in [0.2, 0.25) is 18.1 Å². The van der Waals surface area contributed by atoms with Gasteiger partial charge in [-0.25, -0.2) is 8.78 Å². The normalized spacial score (nSPS) is 22.9. The van der Waals surface area contributed by atoms with Crippen molar-refractivity contribution in [3.8, 4) is 0 Å². The van der Waals surface area contributed by atoms with Gasteiger partial charge in [0.05, 0.1) is 5.56 Å². The molecule has 2 nitrogen and oxygen atoms in total. The first-order valence-electron chi connectivity index (χ1n) is 8.63. The van der Waals surface area contributed by atoms with Gasteiger partial charge >= 0.3 is 6.18 Å². The van der Waals surface area contributed by atoms with Crippen LogP contribution in [0.3, 0.4) is 0 Å². The van der Waals surface area contributed by atoms with Crippen LogP contribution < -0.4 is 5.73 Å². The van der Waals surface area contributed by atoms with Gasteiger partial charge in [-0.1, -0.05) is 20.8 Å². The first kappa shape index (κ1) is 21.3. The molecule has 0 radical (unpaired) electrons. The molecular weight excluding hydrogens is 369 g/mol. The van der Waals surface area contributed by atoms with E-state index >= 15 is 0 Å². The Hall–Kier alpha value is -0.993. The van der Waals surface area contributed by atoms with Gasteiger partial charge in [-0.3, -0.25) is 0 Å². The third-order valence-electron chi connectivity index (χ3n) is 5.66. The number of halogens is 5. The third-order valence-corrected chi connectivity index (χ3v) is 10.2. The molecule has 1 aliphatic rings. The van der Waals surface area contributed by atoms with Crippen LogP contribution in [0.1, 0.15) is 50.8 Å². The molecule has 1 aromatic rings. The predicted molar refractivity (Wildman–Crippen MR) is 93.1 cm³/mol. The fourth-order valence-electron chi connectivity index (χ4n) is 2.88. The zero-order valence-corrected chi connectivity index (χ0v) is 16.7. The highest BCUT2D eigenvalue weighted by Crippen LogP contribution is 2.45. The highest BCUT2D eigenvalue weighted by Gasteiger charge is 2.44. The lowest BCUT2D eigenvalue weighted by atomic mass is 9.75. The number of hydrogen-bond acceptors (Lipinski definition) is 2. The molecule has 1 saturated carbocycles. The SMILES string of the molecule is CC(C)(C)[Si](C)(C)O[C@H]1C[C@@H]([C@@H](N)c2cc(F)c(C(F)(F)F)cc2F)C1. The van der Waals surface area contributed by atoms with Gasteiger partial charge in [0.15, 0.2) is 8.32 Å². The molecule has 0 spiro atoms. The van der Waals surface area contributed by atoms with Crippen molar-refractivity contribution in [1.82, 2.24) is 0 Å². The van der Waals surface area contributed by atoms with E-state index in [9.17, 15) is 22.0 Å². The summed E-state index contributed by atoms with van der Waals surface area (Å²) in [5, 5.41) is 0.0584. The summed E-state index contributed by atoms with van der Waals surface area (Å²) in [6, 6.07) is -0.0940. The molecule has 1 fully saturated rings. The van der Waals surface area contributed by atoms with Crippen molar-refractivity contribution in [1.29, 1.82) is 0 Å². The minimum atomic E-state index is -4.94. The zero-order valence-electron chi connectivity index (χ0n) is 15.7. The molecule has 148 valence electrons. The van der Waals surface area contributed by atoms with Crippen molar-refractivity contribution in [3.05, 3.63) is 34.9 Å². The second-order valence-corrected chi connectivity index (χ2v) is 13.4. The number of nitrogens with two attached hydrogens (primary N) is 1. The van der Waals surface area contributed by atoms with Crippen molar-refractivity contribution in [2.24, 2.45) is 11.7 Å². The van der Waals surface area contributed by atoms with Crippen molar-refractivity contribution in [3.63, 3.8) is 0 Å². The first-order valence-corrected chi connectivity index (χ1v) is 11.5. The molecule has 0 aliphatic heterocycles. The molecule has 26 heavy (non-hydrogen) atoms. The van der Waals surface area contributed by atoms with Crippen molar-refractivity contribution < 1.29 is 26.4 Å². The molecule has 0 amide bonds. The molecule has 0 bridgehead atoms. The van der Waals surface area contributed by atoms with Crippen LogP contribution in [0.25, 0.3) is 0 Å². The molecular formula is C18H26F5NOSi. The summed E-state index contributed by atoms with van der Waals surface area (Å²) < 4.78 is 72.0. The van der Waals surface area contributed by atoms with Gasteiger partial charge in [0, 0.05) is 17.7 Å². The first-order chi connectivity index (χ1) is 11.6. The fraction of sp³-hybridized carbons (Fsp3) is 0.667. The van der Waals surface area contributed by atoms with Crippen LogP contribution in [0.4, 0.5) is 22.0 Å². The molecule has 0 unspecified atom stereocenters. The zero-order chi connectivity index (χ0) is 20.1. The van der Waals surface area contributed by atoms with Gasteiger partial charge in [-0.2, -0.15) is 13.2 Å². The van der Waals surface area contributed by atoms with Crippen LogP contribution in [0.15, 0.2) is 12.1 Å². The predicted octanol–water partition coefficient (Wildman–Crippen LogP) is 5.78. The Morgan fingerprint density at radius 1 is 1.08 bits per heavy atom. The quantitative estimate of drug-likeness (QED) is 0.518. The summed E-state index contributed by atoms with van der Waals surface area (Å²) in [6.45, 7) is 10.6. The van der Waals surface area contributed by atoms with Crippen LogP contribution in [-0.4, -0.2) is 14.4 Å². The summed E-state index contributed by atoms with van der Waals surface area (Å²) in [7, 11) is -1.93. The molecule has 0 heterocycles. The second-order valence-electron chi connectivity index (χ2n) is 8.61. The van der Waals surface area contributed by atoms with E-state index in [0.717, 1.165) is 0 Å². The van der Waals surface area contributed by atoms with Gasteiger partial charge in [0.2, 0.25) is 0 Å². The minimum absolute atomic E-state index is 0.00861. The molecule has 0 saturated heterocycles. The lowest BCUT2D eigenvalue weighted by Gasteiger charge is -2.46. The van der Waals surface area contributed by atoms with E-state index in [-0.39, 0.29) is 28.7 Å². The van der Waals surface area contributed by atoms with E-state index in [1.54, 1.807) is 0 Å². The third kappa shape index (κ3) is 4.28. The maximum atomic E-state index is 14.1. The van der Waals surface area contributed by atoms with Gasteiger partial charge in [-0.15, -0.1) is 0 Å². The molecule has 2 N–H and O–H groups in total. The molecule has 8 heteroatoms. The Morgan fingerprint density at radius 3 is 2.08 bits per heavy atom. The smallest absolute Gasteiger partial charge is 0.414 e. The number of alkyl halides is 3. The Bertz CT molecular complexity index is 663. The van der Waals surface area contributed by atoms with Gasteiger partial charge in [-0.05, 0) is 49.0 Å². The minimum Gasteiger partial charge on any atom is -0.414 e. The molecule has 1 aliphatic carbocycles. The van der Waals surface area contributed by atoms with Crippen LogP contribution >= 0.6 is 0 Å². The molecule has 1 atom stereocenters. The Kier molecular flexibility index (Phi) is 5.63. The van der Waals surface area contributed by atoms with Gasteiger partial charge in [0.1, 0.15) is 11.6 Å². The van der Waals surface area contributed by atoms with Crippen molar-refractivity contribution in [2.45, 2.75) is 70.1 Å². The summed E-state index contributed by atoms with van der Waals surface area (Å²) in [5.74, 6) is -2.77. The fourth-order valence-corrected chi connectivity index (χ4v) is 4.26. The van der Waals surface area contributed by atoms with Gasteiger partial charge in [0.25, 0.3) is 0 Å². The summed E-state index contributed by atoms with van der Waals surface area (Å²) >= 11 is 0. The Morgan fingerprint density at radius 2 is 1.62 bits per heavy atom. The van der Waals surface area contributed by atoms with Crippen LogP contribution in [-0.2, 0) is 10.6 Å². The largest absolute Gasteiger partial charge is 0.419 e. The van der Waals surface area contributed by atoms with Crippen molar-refractivity contribution in [2.75, 3.05) is 0 Å². The summed E-state index contributed by atoms with van der Waals surface area (Å²) in [5.41, 5.74) is 4.18.